The summed E-state index contributed by atoms with van der Waals surface area (Å²) in [6.07, 6.45) is 3.49. The smallest absolute Gasteiger partial charge is 0.357 e. The number of amides is 1. The topological polar surface area (TPSA) is 83.6 Å². The first-order valence-corrected chi connectivity index (χ1v) is 8.07. The zero-order chi connectivity index (χ0) is 15.3. The predicted molar refractivity (Wildman–Crippen MR) is 78.4 cm³/mol. The Kier molecular flexibility index (Phi) is 3.04. The summed E-state index contributed by atoms with van der Waals surface area (Å²) < 4.78 is 5.19. The molecule has 1 saturated carbocycles. The quantitative estimate of drug-likeness (QED) is 0.936. The Hall–Kier alpha value is -2.15. The van der Waals surface area contributed by atoms with E-state index in [-0.39, 0.29) is 17.5 Å². The molecule has 0 spiro atoms. The Balaban J connectivity index is 1.43. The van der Waals surface area contributed by atoms with Gasteiger partial charge in [0.25, 0.3) is 5.91 Å². The van der Waals surface area contributed by atoms with Crippen molar-refractivity contribution in [2.24, 2.45) is 0 Å². The summed E-state index contributed by atoms with van der Waals surface area (Å²) in [6.45, 7) is 1.06. The van der Waals surface area contributed by atoms with Gasteiger partial charge in [0, 0.05) is 13.1 Å². The Labute approximate surface area is 130 Å². The number of hydrogen-bond acceptors (Lipinski definition) is 5. The number of thiophene rings is 1. The van der Waals surface area contributed by atoms with Crippen molar-refractivity contribution in [3.05, 3.63) is 39.7 Å². The van der Waals surface area contributed by atoms with Crippen molar-refractivity contribution in [3.63, 3.8) is 0 Å². The van der Waals surface area contributed by atoms with Gasteiger partial charge in [0.05, 0.1) is 10.8 Å². The molecule has 7 heteroatoms. The number of nitrogens with zero attached hydrogens (tertiary/aromatic N) is 2. The number of aromatic nitrogens is 1. The van der Waals surface area contributed by atoms with Gasteiger partial charge in [-0.25, -0.2) is 9.78 Å². The highest BCUT2D eigenvalue weighted by molar-refractivity contribution is 7.12. The van der Waals surface area contributed by atoms with Crippen LogP contribution in [0.15, 0.2) is 22.1 Å². The van der Waals surface area contributed by atoms with Gasteiger partial charge in [-0.1, -0.05) is 0 Å². The lowest BCUT2D eigenvalue weighted by atomic mass is 9.99. The Morgan fingerprint density at radius 1 is 1.32 bits per heavy atom. The number of aromatic carboxylic acids is 1. The second kappa shape index (κ2) is 4.95. The molecule has 3 heterocycles. The monoisotopic (exact) mass is 318 g/mol. The van der Waals surface area contributed by atoms with Crippen molar-refractivity contribution in [2.75, 3.05) is 13.1 Å². The molecule has 2 aromatic heterocycles. The molecule has 0 radical (unpaired) electrons. The van der Waals surface area contributed by atoms with Crippen LogP contribution in [0.5, 0.6) is 0 Å². The number of oxazole rings is 1. The van der Waals surface area contributed by atoms with E-state index in [9.17, 15) is 9.59 Å². The predicted octanol–water partition coefficient (Wildman–Crippen LogP) is 2.55. The maximum atomic E-state index is 12.5. The molecule has 2 aliphatic rings. The average Bonchev–Trinajstić information content (AvgIpc) is 2.99. The third kappa shape index (κ3) is 2.21. The van der Waals surface area contributed by atoms with E-state index < -0.39 is 5.97 Å². The van der Waals surface area contributed by atoms with Gasteiger partial charge in [0.1, 0.15) is 6.26 Å². The zero-order valence-corrected chi connectivity index (χ0v) is 12.5. The van der Waals surface area contributed by atoms with E-state index in [0.29, 0.717) is 24.9 Å². The summed E-state index contributed by atoms with van der Waals surface area (Å²) in [5.74, 6) is -0.0864. The summed E-state index contributed by atoms with van der Waals surface area (Å²) in [5, 5.41) is 10.8. The SMILES string of the molecule is O=C(O)c1coc(C2CN(C(=O)c3sccc3C3CC3)C2)n1. The minimum atomic E-state index is -1.10. The van der Waals surface area contributed by atoms with Gasteiger partial charge in [-0.2, -0.15) is 0 Å². The Bertz CT molecular complexity index is 740. The number of carboxylic acids is 1. The van der Waals surface area contributed by atoms with E-state index >= 15 is 0 Å². The number of likely N-dealkylation sites (tertiary alicyclic amines) is 1. The molecule has 1 aliphatic heterocycles. The molecule has 6 nitrogen and oxygen atoms in total. The van der Waals surface area contributed by atoms with Gasteiger partial charge in [-0.15, -0.1) is 11.3 Å². The molecule has 114 valence electrons. The minimum absolute atomic E-state index is 0.0126. The number of carbonyl (C=O) groups is 2. The van der Waals surface area contributed by atoms with Crippen LogP contribution in [0.25, 0.3) is 0 Å². The van der Waals surface area contributed by atoms with Gasteiger partial charge < -0.3 is 14.4 Å². The van der Waals surface area contributed by atoms with Crippen molar-refractivity contribution in [2.45, 2.75) is 24.7 Å². The van der Waals surface area contributed by atoms with Gasteiger partial charge in [-0.05, 0) is 35.8 Å². The summed E-state index contributed by atoms with van der Waals surface area (Å²) in [4.78, 5) is 29.9. The largest absolute Gasteiger partial charge is 0.476 e. The van der Waals surface area contributed by atoms with Crippen molar-refractivity contribution >= 4 is 23.2 Å². The van der Waals surface area contributed by atoms with Gasteiger partial charge in [-0.3, -0.25) is 4.79 Å². The van der Waals surface area contributed by atoms with Crippen LogP contribution in [-0.4, -0.2) is 40.0 Å². The number of hydrogen-bond donors (Lipinski definition) is 1. The molecule has 0 aromatic carbocycles. The van der Waals surface area contributed by atoms with Crippen molar-refractivity contribution in [3.8, 4) is 0 Å². The number of rotatable bonds is 4. The number of carboxylic acid groups (broad SMARTS) is 1. The van der Waals surface area contributed by atoms with Crippen molar-refractivity contribution in [1.29, 1.82) is 0 Å². The minimum Gasteiger partial charge on any atom is -0.476 e. The normalized spacial score (nSPS) is 18.3. The first-order chi connectivity index (χ1) is 10.6. The molecule has 0 atom stereocenters. The van der Waals surface area contributed by atoms with E-state index in [4.69, 9.17) is 9.52 Å². The first-order valence-electron chi connectivity index (χ1n) is 7.19. The molecule has 1 aliphatic carbocycles. The average molecular weight is 318 g/mol. The van der Waals surface area contributed by atoms with Crippen LogP contribution in [-0.2, 0) is 0 Å². The standard InChI is InChI=1S/C15H14N2O4S/c18-14(12-10(3-4-22-12)8-1-2-8)17-5-9(6-17)13-16-11(7-21-13)15(19)20/h3-4,7-9H,1-2,5-6H2,(H,19,20). The van der Waals surface area contributed by atoms with Crippen LogP contribution in [0.2, 0.25) is 0 Å². The van der Waals surface area contributed by atoms with E-state index in [1.54, 1.807) is 4.90 Å². The Morgan fingerprint density at radius 3 is 2.73 bits per heavy atom. The molecule has 1 N–H and O–H groups in total. The van der Waals surface area contributed by atoms with Crippen LogP contribution in [0.3, 0.4) is 0 Å². The molecular formula is C15H14N2O4S. The fourth-order valence-corrected chi connectivity index (χ4v) is 3.68. The molecule has 4 rings (SSSR count). The number of carbonyl (C=O) groups excluding carboxylic acids is 1. The highest BCUT2D eigenvalue weighted by atomic mass is 32.1. The van der Waals surface area contributed by atoms with Gasteiger partial charge >= 0.3 is 5.97 Å². The van der Waals surface area contributed by atoms with Gasteiger partial charge in [0.15, 0.2) is 5.69 Å². The van der Waals surface area contributed by atoms with E-state index in [0.717, 1.165) is 11.1 Å². The molecule has 0 bridgehead atoms. The molecule has 22 heavy (non-hydrogen) atoms. The maximum Gasteiger partial charge on any atom is 0.357 e. The van der Waals surface area contributed by atoms with Crippen molar-refractivity contribution in [1.82, 2.24) is 9.88 Å². The third-order valence-electron chi connectivity index (χ3n) is 4.17. The molecule has 1 saturated heterocycles. The molecule has 0 unspecified atom stereocenters. The second-order valence-electron chi connectivity index (χ2n) is 5.76. The molecule has 2 aromatic rings. The van der Waals surface area contributed by atoms with Crippen molar-refractivity contribution < 1.29 is 19.1 Å². The first kappa shape index (κ1) is 13.5. The third-order valence-corrected chi connectivity index (χ3v) is 5.08. The second-order valence-corrected chi connectivity index (χ2v) is 6.68. The summed E-state index contributed by atoms with van der Waals surface area (Å²) >= 11 is 1.50. The highest BCUT2D eigenvalue weighted by Crippen LogP contribution is 2.44. The fraction of sp³-hybridized carbons (Fsp3) is 0.400. The zero-order valence-electron chi connectivity index (χ0n) is 11.7. The van der Waals surface area contributed by atoms with Crippen LogP contribution in [0.1, 0.15) is 56.3 Å². The van der Waals surface area contributed by atoms with Crippen LogP contribution >= 0.6 is 11.3 Å². The van der Waals surface area contributed by atoms with E-state index in [2.05, 4.69) is 11.1 Å². The van der Waals surface area contributed by atoms with E-state index in [1.807, 2.05) is 5.38 Å². The molecule has 2 fully saturated rings. The van der Waals surface area contributed by atoms with Crippen LogP contribution < -0.4 is 0 Å². The molecule has 1 amide bonds. The lowest BCUT2D eigenvalue weighted by Gasteiger charge is -2.37. The lowest BCUT2D eigenvalue weighted by molar-refractivity contribution is 0.0578. The van der Waals surface area contributed by atoms with Crippen LogP contribution in [0.4, 0.5) is 0 Å². The van der Waals surface area contributed by atoms with Crippen LogP contribution in [0, 0.1) is 0 Å². The summed E-state index contributed by atoms with van der Waals surface area (Å²) in [7, 11) is 0. The maximum absolute atomic E-state index is 12.5. The summed E-state index contributed by atoms with van der Waals surface area (Å²) in [6, 6.07) is 2.06. The molecular weight excluding hydrogens is 304 g/mol. The Morgan fingerprint density at radius 2 is 2.09 bits per heavy atom. The fourth-order valence-electron chi connectivity index (χ4n) is 2.73. The summed E-state index contributed by atoms with van der Waals surface area (Å²) in [5.41, 5.74) is 1.09. The lowest BCUT2D eigenvalue weighted by Crippen LogP contribution is -2.48. The van der Waals surface area contributed by atoms with E-state index in [1.165, 1.54) is 29.7 Å². The van der Waals surface area contributed by atoms with Gasteiger partial charge in [0.2, 0.25) is 5.89 Å². The highest BCUT2D eigenvalue weighted by Gasteiger charge is 2.38.